The van der Waals surface area contributed by atoms with Gasteiger partial charge in [-0.05, 0) is 25.5 Å². The molecule has 174 valence electrons. The van der Waals surface area contributed by atoms with Crippen molar-refractivity contribution in [3.05, 3.63) is 88.4 Å². The van der Waals surface area contributed by atoms with Gasteiger partial charge in [-0.25, -0.2) is 4.98 Å². The molecular weight excluding hydrogens is 444 g/mol. The molecule has 7 nitrogen and oxygen atoms in total. The molecule has 4 aromatic rings. The Hall–Kier alpha value is -3.36. The van der Waals surface area contributed by atoms with Crippen LogP contribution in [0.2, 0.25) is 0 Å². The molecule has 34 heavy (non-hydrogen) atoms. The van der Waals surface area contributed by atoms with Crippen molar-refractivity contribution in [2.75, 3.05) is 13.1 Å². The number of carbonyl (C=O) groups excluding carboxylic acids is 1. The molecule has 1 aliphatic rings. The first kappa shape index (κ1) is 22.4. The number of amides is 1. The number of aromatic nitrogens is 4. The van der Waals surface area contributed by atoms with E-state index in [4.69, 9.17) is 0 Å². The van der Waals surface area contributed by atoms with Crippen LogP contribution in [0.4, 0.5) is 0 Å². The molecule has 5 rings (SSSR count). The van der Waals surface area contributed by atoms with E-state index in [1.165, 1.54) is 4.88 Å². The van der Waals surface area contributed by atoms with Gasteiger partial charge < -0.3 is 9.88 Å². The lowest BCUT2D eigenvalue weighted by atomic mass is 10.1. The van der Waals surface area contributed by atoms with Gasteiger partial charge in [0, 0.05) is 54.8 Å². The lowest BCUT2D eigenvalue weighted by Crippen LogP contribution is -2.30. The topological polar surface area (TPSA) is 75.9 Å². The SMILES string of the molecule is Cc1ccccc1C(=O)NC(C)c1nnc2n1CCN(Cc1cnc(-c3ccccc3)s1)CC2. The molecule has 0 saturated heterocycles. The van der Waals surface area contributed by atoms with Crippen LogP contribution >= 0.6 is 11.3 Å². The van der Waals surface area contributed by atoms with E-state index < -0.39 is 0 Å². The minimum Gasteiger partial charge on any atom is -0.342 e. The number of carbonyl (C=O) groups is 1. The maximum absolute atomic E-state index is 12.8. The number of aryl methyl sites for hydroxylation is 1. The van der Waals surface area contributed by atoms with E-state index in [-0.39, 0.29) is 11.9 Å². The molecule has 0 aliphatic carbocycles. The number of hydrogen-bond donors (Lipinski definition) is 1. The summed E-state index contributed by atoms with van der Waals surface area (Å²) >= 11 is 1.75. The van der Waals surface area contributed by atoms with Gasteiger partial charge in [-0.3, -0.25) is 9.69 Å². The molecule has 2 aromatic carbocycles. The molecule has 1 N–H and O–H groups in total. The fourth-order valence-corrected chi connectivity index (χ4v) is 5.31. The van der Waals surface area contributed by atoms with Gasteiger partial charge in [0.05, 0.1) is 6.04 Å². The second-order valence-electron chi connectivity index (χ2n) is 8.66. The van der Waals surface area contributed by atoms with Gasteiger partial charge in [-0.1, -0.05) is 48.5 Å². The van der Waals surface area contributed by atoms with Crippen molar-refractivity contribution < 1.29 is 4.79 Å². The summed E-state index contributed by atoms with van der Waals surface area (Å²) in [4.78, 5) is 21.1. The van der Waals surface area contributed by atoms with Crippen molar-refractivity contribution >= 4 is 17.2 Å². The van der Waals surface area contributed by atoms with Gasteiger partial charge in [0.15, 0.2) is 5.82 Å². The normalized spacial score (nSPS) is 14.9. The Labute approximate surface area is 203 Å². The highest BCUT2D eigenvalue weighted by Crippen LogP contribution is 2.26. The van der Waals surface area contributed by atoms with Crippen LogP contribution in [0.5, 0.6) is 0 Å². The van der Waals surface area contributed by atoms with Crippen LogP contribution in [-0.2, 0) is 19.5 Å². The Kier molecular flexibility index (Phi) is 6.51. The summed E-state index contributed by atoms with van der Waals surface area (Å²) in [5.74, 6) is 1.70. The first-order valence-electron chi connectivity index (χ1n) is 11.6. The number of nitrogens with one attached hydrogen (secondary N) is 1. The molecular formula is C26H28N6OS. The highest BCUT2D eigenvalue weighted by molar-refractivity contribution is 7.15. The van der Waals surface area contributed by atoms with Crippen molar-refractivity contribution in [3.63, 3.8) is 0 Å². The molecule has 3 heterocycles. The molecule has 1 amide bonds. The monoisotopic (exact) mass is 472 g/mol. The van der Waals surface area contributed by atoms with Crippen molar-refractivity contribution in [2.45, 2.75) is 39.4 Å². The summed E-state index contributed by atoms with van der Waals surface area (Å²) in [6.07, 6.45) is 2.82. The van der Waals surface area contributed by atoms with Gasteiger partial charge in [0.1, 0.15) is 10.8 Å². The van der Waals surface area contributed by atoms with E-state index in [0.717, 1.165) is 60.4 Å². The number of thiazole rings is 1. The van der Waals surface area contributed by atoms with Crippen molar-refractivity contribution in [1.82, 2.24) is 30.0 Å². The smallest absolute Gasteiger partial charge is 0.252 e. The van der Waals surface area contributed by atoms with Crippen LogP contribution in [-0.4, -0.2) is 43.6 Å². The van der Waals surface area contributed by atoms with E-state index in [0.29, 0.717) is 5.56 Å². The lowest BCUT2D eigenvalue weighted by molar-refractivity contribution is 0.0937. The molecule has 1 aliphatic heterocycles. The Morgan fingerprint density at radius 2 is 1.85 bits per heavy atom. The highest BCUT2D eigenvalue weighted by Gasteiger charge is 2.23. The first-order valence-corrected chi connectivity index (χ1v) is 12.4. The molecule has 0 radical (unpaired) electrons. The van der Waals surface area contributed by atoms with Crippen LogP contribution in [0.25, 0.3) is 10.6 Å². The third-order valence-corrected chi connectivity index (χ3v) is 7.26. The van der Waals surface area contributed by atoms with Gasteiger partial charge in [0.2, 0.25) is 0 Å². The zero-order valence-electron chi connectivity index (χ0n) is 19.4. The van der Waals surface area contributed by atoms with E-state index in [9.17, 15) is 4.79 Å². The third kappa shape index (κ3) is 4.78. The van der Waals surface area contributed by atoms with E-state index in [2.05, 4.69) is 42.1 Å². The molecule has 1 atom stereocenters. The zero-order chi connectivity index (χ0) is 23.5. The summed E-state index contributed by atoms with van der Waals surface area (Å²) in [6.45, 7) is 7.40. The minimum atomic E-state index is -0.227. The number of nitrogens with zero attached hydrogens (tertiary/aromatic N) is 5. The standard InChI is InChI=1S/C26H28N6OS/c1-18-8-6-7-11-22(18)25(33)28-19(2)24-30-29-23-12-13-31(14-15-32(23)24)17-21-16-27-26(34-21)20-9-4-3-5-10-20/h3-11,16,19H,12-15,17H2,1-2H3,(H,28,33). The number of benzene rings is 2. The van der Waals surface area contributed by atoms with Gasteiger partial charge in [0.25, 0.3) is 5.91 Å². The first-order chi connectivity index (χ1) is 16.6. The van der Waals surface area contributed by atoms with Crippen LogP contribution in [0.3, 0.4) is 0 Å². The van der Waals surface area contributed by atoms with Gasteiger partial charge in [-0.2, -0.15) is 0 Å². The number of hydrogen-bond acceptors (Lipinski definition) is 6. The fraction of sp³-hybridized carbons (Fsp3) is 0.308. The largest absolute Gasteiger partial charge is 0.342 e. The van der Waals surface area contributed by atoms with Crippen molar-refractivity contribution in [1.29, 1.82) is 0 Å². The molecule has 0 spiro atoms. The predicted octanol–water partition coefficient (Wildman–Crippen LogP) is 4.26. The van der Waals surface area contributed by atoms with E-state index in [1.807, 2.05) is 62.5 Å². The Balaban J connectivity index is 1.23. The van der Waals surface area contributed by atoms with E-state index >= 15 is 0 Å². The third-order valence-electron chi connectivity index (χ3n) is 6.23. The average molecular weight is 473 g/mol. The zero-order valence-corrected chi connectivity index (χ0v) is 20.3. The second-order valence-corrected chi connectivity index (χ2v) is 9.78. The summed E-state index contributed by atoms with van der Waals surface area (Å²) in [7, 11) is 0. The summed E-state index contributed by atoms with van der Waals surface area (Å²) in [5, 5.41) is 13.0. The maximum atomic E-state index is 12.8. The molecule has 2 aromatic heterocycles. The summed E-state index contributed by atoms with van der Waals surface area (Å²) < 4.78 is 2.17. The van der Waals surface area contributed by atoms with Gasteiger partial charge in [-0.15, -0.1) is 21.5 Å². The quantitative estimate of drug-likeness (QED) is 0.454. The average Bonchev–Trinajstić information content (AvgIpc) is 3.44. The molecule has 0 bridgehead atoms. The van der Waals surface area contributed by atoms with Crippen LogP contribution in [0, 0.1) is 6.92 Å². The fourth-order valence-electron chi connectivity index (χ4n) is 4.35. The van der Waals surface area contributed by atoms with Crippen LogP contribution in [0.15, 0.2) is 60.8 Å². The molecule has 8 heteroatoms. The van der Waals surface area contributed by atoms with Gasteiger partial charge >= 0.3 is 0 Å². The summed E-state index contributed by atoms with van der Waals surface area (Å²) in [5.41, 5.74) is 2.81. The van der Waals surface area contributed by atoms with Crippen LogP contribution < -0.4 is 5.32 Å². The lowest BCUT2D eigenvalue weighted by Gasteiger charge is -2.19. The Morgan fingerprint density at radius 3 is 2.68 bits per heavy atom. The number of fused-ring (bicyclic) bond motifs is 1. The second kappa shape index (κ2) is 9.87. The van der Waals surface area contributed by atoms with Crippen LogP contribution in [0.1, 0.15) is 45.4 Å². The predicted molar refractivity (Wildman–Crippen MR) is 134 cm³/mol. The molecule has 0 saturated carbocycles. The minimum absolute atomic E-state index is 0.0855. The van der Waals surface area contributed by atoms with Crippen molar-refractivity contribution in [3.8, 4) is 10.6 Å². The Bertz CT molecular complexity index is 1280. The highest BCUT2D eigenvalue weighted by atomic mass is 32.1. The number of rotatable bonds is 6. The molecule has 1 unspecified atom stereocenters. The summed E-state index contributed by atoms with van der Waals surface area (Å²) in [6, 6.07) is 17.7. The van der Waals surface area contributed by atoms with Crippen molar-refractivity contribution in [2.24, 2.45) is 0 Å². The Morgan fingerprint density at radius 1 is 1.06 bits per heavy atom. The van der Waals surface area contributed by atoms with E-state index in [1.54, 1.807) is 11.3 Å². The maximum Gasteiger partial charge on any atom is 0.252 e. The molecule has 0 fully saturated rings.